The summed E-state index contributed by atoms with van der Waals surface area (Å²) in [6, 6.07) is 1.41. The van der Waals surface area contributed by atoms with Crippen LogP contribution < -0.4 is 0 Å². The maximum absolute atomic E-state index is 12.7. The Hall–Kier alpha value is -0.190. The number of rotatable bonds is 1. The van der Waals surface area contributed by atoms with Gasteiger partial charge in [-0.1, -0.05) is 56.4 Å². The smallest absolute Gasteiger partial charge is 0.103 e. The predicted octanol–water partition coefficient (Wildman–Crippen LogP) is 7.05. The number of ether oxygens (including phenoxy) is 1. The molecule has 0 spiro atoms. The summed E-state index contributed by atoms with van der Waals surface area (Å²) in [5, 5.41) is 0. The van der Waals surface area contributed by atoms with Gasteiger partial charge in [0.05, 0.1) is 19.3 Å². The second-order valence-corrected chi connectivity index (χ2v) is 12.7. The van der Waals surface area contributed by atoms with E-state index in [0.29, 0.717) is 16.9 Å². The van der Waals surface area contributed by atoms with Gasteiger partial charge in [0, 0.05) is 31.2 Å². The molecule has 3 aliphatic heterocycles. The first-order valence-electron chi connectivity index (χ1n) is 11.9. The molecule has 3 rings (SSSR count). The summed E-state index contributed by atoms with van der Waals surface area (Å²) < 4.78 is 18.1. The summed E-state index contributed by atoms with van der Waals surface area (Å²) in [5.74, 6) is 0.830. The fourth-order valence-corrected chi connectivity index (χ4v) is 4.97. The van der Waals surface area contributed by atoms with Crippen LogP contribution in [-0.2, 0) is 4.74 Å². The van der Waals surface area contributed by atoms with E-state index in [1.807, 2.05) is 0 Å². The van der Waals surface area contributed by atoms with Gasteiger partial charge < -0.3 is 4.74 Å². The number of alkyl halides is 1. The van der Waals surface area contributed by atoms with E-state index in [-0.39, 0.29) is 20.4 Å². The van der Waals surface area contributed by atoms with E-state index < -0.39 is 6.17 Å². The quantitative estimate of drug-likeness (QED) is 0.431. The lowest BCUT2D eigenvalue weighted by atomic mass is 9.70. The van der Waals surface area contributed by atoms with Crippen LogP contribution in [0.25, 0.3) is 0 Å². The van der Waals surface area contributed by atoms with Crippen LogP contribution in [-0.4, -0.2) is 66.4 Å². The fraction of sp³-hybridized carbons (Fsp3) is 1.00. The van der Waals surface area contributed by atoms with Gasteiger partial charge >= 0.3 is 0 Å². The van der Waals surface area contributed by atoms with E-state index in [1.165, 1.54) is 19.4 Å². The van der Waals surface area contributed by atoms with Gasteiger partial charge in [0.25, 0.3) is 0 Å². The Morgan fingerprint density at radius 2 is 1.26 bits per heavy atom. The SMILES string of the molecule is C.C.CC(C)(C)C1CCC(C(C)(C)C)N(C2COC2)C1.CC(C)(C)N1CCC(F)CC1. The molecule has 2 atom stereocenters. The molecule has 0 saturated carbocycles. The predicted molar refractivity (Wildman–Crippen MR) is 136 cm³/mol. The second kappa shape index (κ2) is 11.8. The van der Waals surface area contributed by atoms with E-state index in [4.69, 9.17) is 4.74 Å². The molecule has 0 bridgehead atoms. The van der Waals surface area contributed by atoms with Crippen LogP contribution in [0.3, 0.4) is 0 Å². The average molecular weight is 445 g/mol. The molecule has 0 aliphatic carbocycles. The van der Waals surface area contributed by atoms with Crippen LogP contribution in [0.15, 0.2) is 0 Å². The summed E-state index contributed by atoms with van der Waals surface area (Å²) in [5.41, 5.74) is 1.05. The first kappa shape index (κ1) is 30.8. The molecular weight excluding hydrogens is 387 g/mol. The van der Waals surface area contributed by atoms with Crippen LogP contribution in [0.5, 0.6) is 0 Å². The minimum Gasteiger partial charge on any atom is -0.378 e. The van der Waals surface area contributed by atoms with Gasteiger partial charge in [-0.2, -0.15) is 0 Å². The van der Waals surface area contributed by atoms with Crippen LogP contribution in [0, 0.1) is 16.7 Å². The minimum atomic E-state index is -0.548. The van der Waals surface area contributed by atoms with Gasteiger partial charge in [0.2, 0.25) is 0 Å². The highest BCUT2D eigenvalue weighted by atomic mass is 19.1. The van der Waals surface area contributed by atoms with Crippen molar-refractivity contribution in [2.75, 3.05) is 32.8 Å². The third kappa shape index (κ3) is 8.93. The molecule has 4 heteroatoms. The van der Waals surface area contributed by atoms with Gasteiger partial charge in [-0.15, -0.1) is 0 Å². The summed E-state index contributed by atoms with van der Waals surface area (Å²) in [6.07, 6.45) is 3.63. The van der Waals surface area contributed by atoms with Crippen molar-refractivity contribution in [1.29, 1.82) is 0 Å². The first-order valence-corrected chi connectivity index (χ1v) is 11.9. The molecule has 2 unspecified atom stereocenters. The highest BCUT2D eigenvalue weighted by Gasteiger charge is 2.43. The Balaban J connectivity index is 0.000000603. The standard InChI is InChI=1S/C16H31NO.C9H18FN.2CH4/c1-15(2,3)12-7-8-14(16(4,5)6)17(9-12)13-10-18-11-13;1-9(2,3)11-6-4-8(10)5-7-11;;/h12-14H,7-11H2,1-6H3;8H,4-7H2,1-3H3;2*1H4. The van der Waals surface area contributed by atoms with E-state index in [2.05, 4.69) is 72.1 Å². The zero-order chi connectivity index (χ0) is 22.0. The third-order valence-corrected chi connectivity index (χ3v) is 7.31. The van der Waals surface area contributed by atoms with Crippen molar-refractivity contribution in [1.82, 2.24) is 9.80 Å². The normalized spacial score (nSPS) is 27.3. The van der Waals surface area contributed by atoms with Crippen molar-refractivity contribution in [3.8, 4) is 0 Å². The number of likely N-dealkylation sites (tertiary alicyclic amines) is 2. The van der Waals surface area contributed by atoms with Crippen molar-refractivity contribution >= 4 is 0 Å². The molecule has 0 radical (unpaired) electrons. The highest BCUT2D eigenvalue weighted by Crippen LogP contribution is 2.41. The summed E-state index contributed by atoms with van der Waals surface area (Å²) in [4.78, 5) is 5.12. The van der Waals surface area contributed by atoms with Gasteiger partial charge in [0.1, 0.15) is 6.17 Å². The van der Waals surface area contributed by atoms with Crippen molar-refractivity contribution in [2.45, 2.75) is 127 Å². The Bertz CT molecular complexity index is 491. The molecule has 0 amide bonds. The maximum Gasteiger partial charge on any atom is 0.103 e. The topological polar surface area (TPSA) is 15.7 Å². The molecule has 3 heterocycles. The van der Waals surface area contributed by atoms with E-state index in [9.17, 15) is 4.39 Å². The lowest BCUT2D eigenvalue weighted by molar-refractivity contribution is -0.120. The number of piperidine rings is 2. The zero-order valence-electron chi connectivity index (χ0n) is 20.9. The Kier molecular flexibility index (Phi) is 11.7. The molecule has 0 aromatic heterocycles. The minimum absolute atomic E-state index is 0. The molecule has 3 nitrogen and oxygen atoms in total. The van der Waals surface area contributed by atoms with Crippen molar-refractivity contribution < 1.29 is 9.13 Å². The highest BCUT2D eigenvalue weighted by molar-refractivity contribution is 4.96. The molecule has 3 fully saturated rings. The first-order chi connectivity index (χ1) is 13.2. The average Bonchev–Trinajstić information content (AvgIpc) is 2.51. The molecule has 188 valence electrons. The van der Waals surface area contributed by atoms with E-state index >= 15 is 0 Å². The lowest BCUT2D eigenvalue weighted by Crippen LogP contribution is -2.61. The van der Waals surface area contributed by atoms with Crippen molar-refractivity contribution in [2.24, 2.45) is 16.7 Å². The Morgan fingerprint density at radius 3 is 1.61 bits per heavy atom. The molecule has 0 N–H and O–H groups in total. The molecule has 3 saturated heterocycles. The zero-order valence-corrected chi connectivity index (χ0v) is 20.9. The van der Waals surface area contributed by atoms with Crippen LogP contribution in [0.4, 0.5) is 4.39 Å². The Labute approximate surface area is 195 Å². The molecular formula is C27H57FN2O. The number of halogens is 1. The lowest BCUT2D eigenvalue weighted by Gasteiger charge is -2.53. The van der Waals surface area contributed by atoms with Gasteiger partial charge in [-0.25, -0.2) is 4.39 Å². The number of nitrogens with zero attached hydrogens (tertiary/aromatic N) is 2. The summed E-state index contributed by atoms with van der Waals surface area (Å²) in [7, 11) is 0. The monoisotopic (exact) mass is 444 g/mol. The molecule has 31 heavy (non-hydrogen) atoms. The molecule has 0 aromatic rings. The van der Waals surface area contributed by atoms with Crippen LogP contribution in [0.2, 0.25) is 0 Å². The van der Waals surface area contributed by atoms with Gasteiger partial charge in [-0.3, -0.25) is 9.80 Å². The maximum atomic E-state index is 12.7. The number of hydrogen-bond donors (Lipinski definition) is 0. The van der Waals surface area contributed by atoms with Crippen LogP contribution in [0.1, 0.15) is 103 Å². The number of hydrogen-bond acceptors (Lipinski definition) is 3. The fourth-order valence-electron chi connectivity index (χ4n) is 4.97. The summed E-state index contributed by atoms with van der Waals surface area (Å²) >= 11 is 0. The third-order valence-electron chi connectivity index (χ3n) is 7.31. The van der Waals surface area contributed by atoms with Crippen LogP contribution >= 0.6 is 0 Å². The van der Waals surface area contributed by atoms with Gasteiger partial charge in [-0.05, 0) is 63.2 Å². The van der Waals surface area contributed by atoms with Gasteiger partial charge in [0.15, 0.2) is 0 Å². The largest absolute Gasteiger partial charge is 0.378 e. The second-order valence-electron chi connectivity index (χ2n) is 12.7. The molecule has 3 aliphatic rings. The summed E-state index contributed by atoms with van der Waals surface area (Å²) in [6.45, 7) is 25.9. The van der Waals surface area contributed by atoms with E-state index in [1.54, 1.807) is 0 Å². The van der Waals surface area contributed by atoms with Crippen molar-refractivity contribution in [3.05, 3.63) is 0 Å². The molecule has 0 aromatic carbocycles. The van der Waals surface area contributed by atoms with E-state index in [0.717, 1.165) is 51.1 Å². The van der Waals surface area contributed by atoms with Crippen molar-refractivity contribution in [3.63, 3.8) is 0 Å². The Morgan fingerprint density at radius 1 is 0.742 bits per heavy atom.